The molecule has 1 fully saturated rings. The molecule has 0 aromatic carbocycles. The van der Waals surface area contributed by atoms with Gasteiger partial charge < -0.3 is 14.5 Å². The van der Waals surface area contributed by atoms with Gasteiger partial charge in [0.15, 0.2) is 5.65 Å². The Hall–Kier alpha value is -2.64. The van der Waals surface area contributed by atoms with E-state index in [0.717, 1.165) is 5.69 Å². The zero-order valence-corrected chi connectivity index (χ0v) is 13.2. The Labute approximate surface area is 133 Å². The van der Waals surface area contributed by atoms with Crippen LogP contribution in [-0.4, -0.2) is 69.2 Å². The molecule has 0 atom stereocenters. The number of nitrogens with zero attached hydrogens (tertiary/aromatic N) is 5. The second-order valence-electron chi connectivity index (χ2n) is 5.36. The molecule has 0 spiro atoms. The van der Waals surface area contributed by atoms with E-state index in [1.54, 1.807) is 39.6 Å². The third-order valence-electron chi connectivity index (χ3n) is 3.85. The van der Waals surface area contributed by atoms with Gasteiger partial charge in [-0.1, -0.05) is 0 Å². The first-order valence-corrected chi connectivity index (χ1v) is 7.62. The molecule has 0 aliphatic carbocycles. The molecule has 0 bridgehead atoms. The highest BCUT2D eigenvalue weighted by Gasteiger charge is 2.26. The number of carbonyl (C=O) groups excluding carboxylic acids is 2. The predicted octanol–water partition coefficient (Wildman–Crippen LogP) is 0.952. The van der Waals surface area contributed by atoms with Crippen LogP contribution in [0.5, 0.6) is 0 Å². The van der Waals surface area contributed by atoms with Crippen LogP contribution in [0.15, 0.2) is 18.3 Å². The number of piperazine rings is 1. The Balaban J connectivity index is 1.70. The first kappa shape index (κ1) is 15.3. The summed E-state index contributed by atoms with van der Waals surface area (Å²) in [6.07, 6.45) is 1.33. The van der Waals surface area contributed by atoms with Crippen molar-refractivity contribution in [2.75, 3.05) is 32.8 Å². The van der Waals surface area contributed by atoms with Gasteiger partial charge in [0, 0.05) is 37.9 Å². The molecule has 0 radical (unpaired) electrons. The van der Waals surface area contributed by atoms with Gasteiger partial charge in [-0.3, -0.25) is 4.79 Å². The summed E-state index contributed by atoms with van der Waals surface area (Å²) < 4.78 is 6.67. The average molecular weight is 317 g/mol. The maximum atomic E-state index is 12.6. The van der Waals surface area contributed by atoms with E-state index in [-0.39, 0.29) is 12.0 Å². The van der Waals surface area contributed by atoms with Gasteiger partial charge in [0.2, 0.25) is 0 Å². The van der Waals surface area contributed by atoms with E-state index < -0.39 is 0 Å². The van der Waals surface area contributed by atoms with Crippen molar-refractivity contribution in [1.29, 1.82) is 0 Å². The van der Waals surface area contributed by atoms with Crippen LogP contribution < -0.4 is 0 Å². The highest BCUT2D eigenvalue weighted by atomic mass is 16.6. The summed E-state index contributed by atoms with van der Waals surface area (Å²) >= 11 is 0. The zero-order chi connectivity index (χ0) is 16.4. The van der Waals surface area contributed by atoms with Gasteiger partial charge in [0.25, 0.3) is 5.91 Å². The van der Waals surface area contributed by atoms with Crippen LogP contribution in [0.3, 0.4) is 0 Å². The first-order valence-electron chi connectivity index (χ1n) is 7.62. The molecule has 1 aliphatic heterocycles. The van der Waals surface area contributed by atoms with Crippen LogP contribution in [0.4, 0.5) is 4.79 Å². The van der Waals surface area contributed by atoms with Crippen molar-refractivity contribution in [3.8, 4) is 0 Å². The summed E-state index contributed by atoms with van der Waals surface area (Å²) in [6, 6.07) is 3.50. The smallest absolute Gasteiger partial charge is 0.409 e. The van der Waals surface area contributed by atoms with Crippen molar-refractivity contribution in [2.24, 2.45) is 0 Å². The number of hydrogen-bond donors (Lipinski definition) is 0. The maximum absolute atomic E-state index is 12.6. The molecule has 2 aromatic heterocycles. The Morgan fingerprint density at radius 2 is 1.91 bits per heavy atom. The lowest BCUT2D eigenvalue weighted by Gasteiger charge is -2.33. The number of amides is 2. The fraction of sp³-hybridized carbons (Fsp3) is 0.467. The van der Waals surface area contributed by atoms with Gasteiger partial charge in [-0.25, -0.2) is 14.3 Å². The molecule has 8 nitrogen and oxygen atoms in total. The SMILES string of the molecule is CCOC(=O)N1CCN(C(=O)c2cc(C)n3nccc3n2)CC1. The summed E-state index contributed by atoms with van der Waals surface area (Å²) in [6.45, 7) is 5.91. The van der Waals surface area contributed by atoms with Crippen molar-refractivity contribution in [1.82, 2.24) is 24.4 Å². The Kier molecular flexibility index (Phi) is 4.14. The summed E-state index contributed by atoms with van der Waals surface area (Å²) in [5.74, 6) is -0.125. The quantitative estimate of drug-likeness (QED) is 0.824. The Bertz CT molecular complexity index is 734. The van der Waals surface area contributed by atoms with Gasteiger partial charge in [0.05, 0.1) is 12.8 Å². The van der Waals surface area contributed by atoms with Crippen LogP contribution in [-0.2, 0) is 4.74 Å². The standard InChI is InChI=1S/C15H19N5O3/c1-3-23-15(22)19-8-6-18(7-9-19)14(21)12-10-11(2)20-13(17-12)4-5-16-20/h4-5,10H,3,6-9H2,1-2H3. The average Bonchev–Trinajstić information content (AvgIpc) is 3.03. The minimum Gasteiger partial charge on any atom is -0.450 e. The monoisotopic (exact) mass is 317 g/mol. The van der Waals surface area contributed by atoms with E-state index in [4.69, 9.17) is 4.74 Å². The molecule has 23 heavy (non-hydrogen) atoms. The van der Waals surface area contributed by atoms with Gasteiger partial charge >= 0.3 is 6.09 Å². The van der Waals surface area contributed by atoms with Crippen molar-refractivity contribution in [3.05, 3.63) is 29.7 Å². The largest absolute Gasteiger partial charge is 0.450 e. The summed E-state index contributed by atoms with van der Waals surface area (Å²) in [4.78, 5) is 32.0. The second kappa shape index (κ2) is 6.23. The molecular formula is C15H19N5O3. The molecule has 2 amide bonds. The summed E-state index contributed by atoms with van der Waals surface area (Å²) in [5.41, 5.74) is 1.91. The van der Waals surface area contributed by atoms with Crippen molar-refractivity contribution >= 4 is 17.6 Å². The minimum absolute atomic E-state index is 0.125. The number of carbonyl (C=O) groups is 2. The minimum atomic E-state index is -0.325. The van der Waals surface area contributed by atoms with Crippen LogP contribution >= 0.6 is 0 Å². The Morgan fingerprint density at radius 3 is 2.61 bits per heavy atom. The van der Waals surface area contributed by atoms with Crippen LogP contribution in [0.1, 0.15) is 23.1 Å². The molecular weight excluding hydrogens is 298 g/mol. The van der Waals surface area contributed by atoms with Crippen LogP contribution in [0.2, 0.25) is 0 Å². The van der Waals surface area contributed by atoms with E-state index >= 15 is 0 Å². The number of aryl methyl sites for hydroxylation is 1. The molecule has 0 N–H and O–H groups in total. The van der Waals surface area contributed by atoms with Crippen LogP contribution in [0, 0.1) is 6.92 Å². The van der Waals surface area contributed by atoms with Crippen LogP contribution in [0.25, 0.3) is 5.65 Å². The third kappa shape index (κ3) is 2.96. The molecule has 1 saturated heterocycles. The lowest BCUT2D eigenvalue weighted by molar-refractivity contribution is 0.0566. The number of hydrogen-bond acceptors (Lipinski definition) is 5. The fourth-order valence-electron chi connectivity index (χ4n) is 2.65. The molecule has 3 heterocycles. The van der Waals surface area contributed by atoms with Crippen molar-refractivity contribution in [3.63, 3.8) is 0 Å². The third-order valence-corrected chi connectivity index (χ3v) is 3.85. The normalized spacial score (nSPS) is 15.0. The number of fused-ring (bicyclic) bond motifs is 1. The number of aromatic nitrogens is 3. The van der Waals surface area contributed by atoms with Crippen molar-refractivity contribution in [2.45, 2.75) is 13.8 Å². The van der Waals surface area contributed by atoms with Gasteiger partial charge in [-0.15, -0.1) is 0 Å². The van der Waals surface area contributed by atoms with E-state index in [9.17, 15) is 9.59 Å². The van der Waals surface area contributed by atoms with Gasteiger partial charge in [-0.2, -0.15) is 5.10 Å². The lowest BCUT2D eigenvalue weighted by Crippen LogP contribution is -2.50. The molecule has 0 unspecified atom stereocenters. The summed E-state index contributed by atoms with van der Waals surface area (Å²) in [7, 11) is 0. The molecule has 1 aliphatic rings. The number of rotatable bonds is 2. The van der Waals surface area contributed by atoms with E-state index in [0.29, 0.717) is 44.1 Å². The van der Waals surface area contributed by atoms with E-state index in [1.165, 1.54) is 0 Å². The van der Waals surface area contributed by atoms with E-state index in [1.807, 2.05) is 6.92 Å². The highest BCUT2D eigenvalue weighted by molar-refractivity contribution is 5.93. The second-order valence-corrected chi connectivity index (χ2v) is 5.36. The lowest BCUT2D eigenvalue weighted by atomic mass is 10.2. The van der Waals surface area contributed by atoms with Gasteiger partial charge in [0.1, 0.15) is 5.69 Å². The van der Waals surface area contributed by atoms with Crippen molar-refractivity contribution < 1.29 is 14.3 Å². The molecule has 3 rings (SSSR count). The summed E-state index contributed by atoms with van der Waals surface area (Å²) in [5, 5.41) is 4.15. The topological polar surface area (TPSA) is 80.0 Å². The molecule has 122 valence electrons. The molecule has 8 heteroatoms. The molecule has 0 saturated carbocycles. The number of ether oxygens (including phenoxy) is 1. The first-order chi connectivity index (χ1) is 11.1. The maximum Gasteiger partial charge on any atom is 0.409 e. The fourth-order valence-corrected chi connectivity index (χ4v) is 2.65. The zero-order valence-electron chi connectivity index (χ0n) is 13.2. The molecule has 2 aromatic rings. The van der Waals surface area contributed by atoms with E-state index in [2.05, 4.69) is 10.1 Å². The predicted molar refractivity (Wildman–Crippen MR) is 82.2 cm³/mol. The highest BCUT2D eigenvalue weighted by Crippen LogP contribution is 2.11. The Morgan fingerprint density at radius 1 is 1.22 bits per heavy atom. The van der Waals surface area contributed by atoms with Gasteiger partial charge in [-0.05, 0) is 19.9 Å².